The van der Waals surface area contributed by atoms with E-state index in [0.717, 1.165) is 16.8 Å². The van der Waals surface area contributed by atoms with E-state index in [1.807, 2.05) is 55.5 Å². The zero-order chi connectivity index (χ0) is 24.2. The summed E-state index contributed by atoms with van der Waals surface area (Å²) in [5.41, 5.74) is 4.84. The van der Waals surface area contributed by atoms with Crippen LogP contribution in [0, 0.1) is 6.92 Å². The van der Waals surface area contributed by atoms with Crippen LogP contribution in [0.5, 0.6) is 5.75 Å². The van der Waals surface area contributed by atoms with Gasteiger partial charge in [-0.25, -0.2) is 4.68 Å². The van der Waals surface area contributed by atoms with Crippen LogP contribution in [0.25, 0.3) is 16.9 Å². The second-order valence-corrected chi connectivity index (χ2v) is 8.13. The molecular formula is C27H26N4O3. The number of nitrogens with zero attached hydrogens (tertiary/aromatic N) is 3. The number of aromatic nitrogens is 2. The third-order valence-corrected chi connectivity index (χ3v) is 5.40. The molecule has 0 aliphatic heterocycles. The second kappa shape index (κ2) is 9.62. The quantitative estimate of drug-likeness (QED) is 0.454. The molecule has 4 rings (SSSR count). The van der Waals surface area contributed by atoms with Crippen LogP contribution in [0.4, 0.5) is 5.69 Å². The minimum atomic E-state index is -0.303. The highest BCUT2D eigenvalue weighted by Crippen LogP contribution is 2.28. The van der Waals surface area contributed by atoms with Crippen LogP contribution in [-0.2, 0) is 0 Å². The van der Waals surface area contributed by atoms with Crippen molar-refractivity contribution in [3.8, 4) is 22.7 Å². The van der Waals surface area contributed by atoms with E-state index in [2.05, 4.69) is 5.32 Å². The largest absolute Gasteiger partial charge is 0.497 e. The van der Waals surface area contributed by atoms with Crippen LogP contribution in [0.3, 0.4) is 0 Å². The number of rotatable bonds is 6. The third kappa shape index (κ3) is 4.83. The van der Waals surface area contributed by atoms with Gasteiger partial charge in [0.2, 0.25) is 0 Å². The van der Waals surface area contributed by atoms with Gasteiger partial charge in [0.1, 0.15) is 11.4 Å². The molecule has 2 amide bonds. The molecule has 0 aliphatic carbocycles. The summed E-state index contributed by atoms with van der Waals surface area (Å²) in [6, 6.07) is 22.2. The molecule has 7 nitrogen and oxygen atoms in total. The minimum Gasteiger partial charge on any atom is -0.497 e. The zero-order valence-corrected chi connectivity index (χ0v) is 19.6. The van der Waals surface area contributed by atoms with Crippen LogP contribution < -0.4 is 10.1 Å². The molecule has 0 atom stereocenters. The van der Waals surface area contributed by atoms with E-state index >= 15 is 0 Å². The van der Waals surface area contributed by atoms with Crippen molar-refractivity contribution in [1.29, 1.82) is 0 Å². The lowest BCUT2D eigenvalue weighted by Crippen LogP contribution is -2.21. The predicted molar refractivity (Wildman–Crippen MR) is 133 cm³/mol. The molecule has 4 aromatic rings. The van der Waals surface area contributed by atoms with Gasteiger partial charge < -0.3 is 15.0 Å². The van der Waals surface area contributed by atoms with Crippen molar-refractivity contribution in [2.75, 3.05) is 26.5 Å². The number of hydrogen-bond acceptors (Lipinski definition) is 4. The Kier molecular flexibility index (Phi) is 6.45. The fraction of sp³-hybridized carbons (Fsp3) is 0.148. The fourth-order valence-corrected chi connectivity index (χ4v) is 3.51. The number of ether oxygens (including phenoxy) is 1. The second-order valence-electron chi connectivity index (χ2n) is 8.13. The van der Waals surface area contributed by atoms with Gasteiger partial charge >= 0.3 is 0 Å². The number of methoxy groups -OCH3 is 1. The molecule has 1 N–H and O–H groups in total. The monoisotopic (exact) mass is 454 g/mol. The zero-order valence-electron chi connectivity index (χ0n) is 19.6. The normalized spacial score (nSPS) is 10.6. The van der Waals surface area contributed by atoms with E-state index < -0.39 is 0 Å². The molecule has 0 spiro atoms. The Morgan fingerprint density at radius 1 is 0.971 bits per heavy atom. The van der Waals surface area contributed by atoms with Gasteiger partial charge in [-0.2, -0.15) is 5.10 Å². The van der Waals surface area contributed by atoms with Crippen LogP contribution >= 0.6 is 0 Å². The van der Waals surface area contributed by atoms with Crippen molar-refractivity contribution >= 4 is 17.5 Å². The van der Waals surface area contributed by atoms with Gasteiger partial charge in [0.05, 0.1) is 18.4 Å². The van der Waals surface area contributed by atoms with Crippen LogP contribution in [0.2, 0.25) is 0 Å². The minimum absolute atomic E-state index is 0.0995. The van der Waals surface area contributed by atoms with E-state index in [-0.39, 0.29) is 11.8 Å². The Labute approximate surface area is 198 Å². The van der Waals surface area contributed by atoms with Crippen molar-refractivity contribution in [3.63, 3.8) is 0 Å². The topological polar surface area (TPSA) is 76.5 Å². The van der Waals surface area contributed by atoms with Crippen molar-refractivity contribution in [1.82, 2.24) is 14.7 Å². The fourth-order valence-electron chi connectivity index (χ4n) is 3.51. The van der Waals surface area contributed by atoms with Crippen molar-refractivity contribution in [2.24, 2.45) is 0 Å². The molecule has 0 fully saturated rings. The molecule has 0 saturated carbocycles. The molecule has 0 bridgehead atoms. The average Bonchev–Trinajstić information content (AvgIpc) is 3.30. The van der Waals surface area contributed by atoms with Crippen molar-refractivity contribution < 1.29 is 14.3 Å². The molecule has 0 saturated heterocycles. The first kappa shape index (κ1) is 22.8. The van der Waals surface area contributed by atoms with Crippen LogP contribution in [0.1, 0.15) is 26.3 Å². The van der Waals surface area contributed by atoms with Crippen LogP contribution in [-0.4, -0.2) is 47.7 Å². The summed E-state index contributed by atoms with van der Waals surface area (Å²) in [4.78, 5) is 27.0. The van der Waals surface area contributed by atoms with E-state index in [1.54, 1.807) is 56.3 Å². The summed E-state index contributed by atoms with van der Waals surface area (Å²) in [5.74, 6) is 0.273. The number of amides is 2. The molecule has 0 unspecified atom stereocenters. The van der Waals surface area contributed by atoms with Gasteiger partial charge in [-0.1, -0.05) is 29.8 Å². The van der Waals surface area contributed by atoms with Gasteiger partial charge in [0, 0.05) is 37.1 Å². The van der Waals surface area contributed by atoms with E-state index in [0.29, 0.717) is 28.3 Å². The van der Waals surface area contributed by atoms with E-state index in [4.69, 9.17) is 9.84 Å². The predicted octanol–water partition coefficient (Wildman–Crippen LogP) is 4.81. The molecule has 3 aromatic carbocycles. The highest BCUT2D eigenvalue weighted by Gasteiger charge is 2.20. The number of benzene rings is 3. The number of nitrogens with one attached hydrogen (secondary N) is 1. The summed E-state index contributed by atoms with van der Waals surface area (Å²) >= 11 is 0. The maximum Gasteiger partial charge on any atom is 0.259 e. The number of aryl methyl sites for hydroxylation is 1. The maximum atomic E-state index is 13.3. The van der Waals surface area contributed by atoms with E-state index in [9.17, 15) is 9.59 Å². The smallest absolute Gasteiger partial charge is 0.259 e. The molecule has 1 aromatic heterocycles. The standard InChI is InChI=1S/C27H26N4O3/c1-18-8-14-22(15-9-18)31-17-24(25(29-31)20-6-5-7-23(16-20)34-4)26(32)28-21-12-10-19(11-13-21)27(33)30(2)3/h5-17H,1-4H3,(H,28,32). The first-order chi connectivity index (χ1) is 16.4. The Morgan fingerprint density at radius 2 is 1.68 bits per heavy atom. The first-order valence-electron chi connectivity index (χ1n) is 10.8. The molecule has 0 radical (unpaired) electrons. The van der Waals surface area contributed by atoms with Gasteiger partial charge in [-0.3, -0.25) is 9.59 Å². The lowest BCUT2D eigenvalue weighted by atomic mass is 10.1. The Hall–Kier alpha value is -4.39. The SMILES string of the molecule is COc1cccc(-c2nn(-c3ccc(C)cc3)cc2C(=O)Nc2ccc(C(=O)N(C)C)cc2)c1. The number of hydrogen-bond donors (Lipinski definition) is 1. The lowest BCUT2D eigenvalue weighted by molar-refractivity contribution is 0.0827. The Morgan fingerprint density at radius 3 is 2.32 bits per heavy atom. The van der Waals surface area contributed by atoms with Crippen molar-refractivity contribution in [2.45, 2.75) is 6.92 Å². The van der Waals surface area contributed by atoms with Crippen LogP contribution in [0.15, 0.2) is 79.0 Å². The summed E-state index contributed by atoms with van der Waals surface area (Å²) in [7, 11) is 5.00. The van der Waals surface area contributed by atoms with Gasteiger partial charge in [0.25, 0.3) is 11.8 Å². The number of carbonyl (C=O) groups is 2. The van der Waals surface area contributed by atoms with Gasteiger partial charge in [-0.15, -0.1) is 0 Å². The average molecular weight is 455 g/mol. The Bertz CT molecular complexity index is 1320. The molecule has 0 aliphatic rings. The summed E-state index contributed by atoms with van der Waals surface area (Å²) in [6.45, 7) is 2.02. The third-order valence-electron chi connectivity index (χ3n) is 5.40. The number of carbonyl (C=O) groups excluding carboxylic acids is 2. The molecule has 1 heterocycles. The summed E-state index contributed by atoms with van der Waals surface area (Å²) in [6.07, 6.45) is 1.72. The molecule has 172 valence electrons. The van der Waals surface area contributed by atoms with E-state index in [1.165, 1.54) is 4.90 Å². The Balaban J connectivity index is 1.69. The van der Waals surface area contributed by atoms with Crippen molar-refractivity contribution in [3.05, 3.63) is 95.7 Å². The molecular weight excluding hydrogens is 428 g/mol. The summed E-state index contributed by atoms with van der Waals surface area (Å²) < 4.78 is 7.05. The maximum absolute atomic E-state index is 13.3. The number of anilines is 1. The highest BCUT2D eigenvalue weighted by atomic mass is 16.5. The molecule has 34 heavy (non-hydrogen) atoms. The first-order valence-corrected chi connectivity index (χ1v) is 10.8. The molecule has 7 heteroatoms. The highest BCUT2D eigenvalue weighted by molar-refractivity contribution is 6.08. The van der Waals surface area contributed by atoms with Gasteiger partial charge in [-0.05, 0) is 55.5 Å². The summed E-state index contributed by atoms with van der Waals surface area (Å²) in [5, 5.41) is 7.64. The van der Waals surface area contributed by atoms with Gasteiger partial charge in [0.15, 0.2) is 0 Å². The lowest BCUT2D eigenvalue weighted by Gasteiger charge is -2.11.